The molecular weight excluding hydrogens is 214 g/mol. The van der Waals surface area contributed by atoms with Crippen LogP contribution < -0.4 is 5.73 Å². The van der Waals surface area contributed by atoms with Crippen molar-refractivity contribution < 1.29 is 4.74 Å². The van der Waals surface area contributed by atoms with Crippen LogP contribution in [0.4, 0.5) is 0 Å². The van der Waals surface area contributed by atoms with E-state index < -0.39 is 0 Å². The van der Waals surface area contributed by atoms with Crippen molar-refractivity contribution in [2.75, 3.05) is 6.61 Å². The quantitative estimate of drug-likeness (QED) is 0.853. The van der Waals surface area contributed by atoms with E-state index in [0.29, 0.717) is 0 Å². The summed E-state index contributed by atoms with van der Waals surface area (Å²) in [4.78, 5) is 9.01. The maximum Gasteiger partial charge on any atom is 0.160 e. The van der Waals surface area contributed by atoms with Crippen LogP contribution in [0.2, 0.25) is 0 Å². The Bertz CT molecular complexity index is 398. The van der Waals surface area contributed by atoms with Gasteiger partial charge in [0.1, 0.15) is 5.60 Å². The lowest BCUT2D eigenvalue weighted by molar-refractivity contribution is -0.0761. The van der Waals surface area contributed by atoms with Crippen LogP contribution in [-0.2, 0) is 10.3 Å². The molecule has 94 valence electrons. The molecule has 2 N–H and O–H groups in total. The van der Waals surface area contributed by atoms with E-state index in [2.05, 4.69) is 16.9 Å². The highest BCUT2D eigenvalue weighted by Gasteiger charge is 2.33. The van der Waals surface area contributed by atoms with Gasteiger partial charge >= 0.3 is 0 Å². The van der Waals surface area contributed by atoms with E-state index in [4.69, 9.17) is 10.5 Å². The predicted molar refractivity (Wildman–Crippen MR) is 66.5 cm³/mol. The van der Waals surface area contributed by atoms with Gasteiger partial charge in [-0.1, -0.05) is 0 Å². The number of aryl methyl sites for hydroxylation is 1. The van der Waals surface area contributed by atoms with E-state index in [1.807, 2.05) is 20.0 Å². The lowest BCUT2D eigenvalue weighted by Crippen LogP contribution is -2.32. The van der Waals surface area contributed by atoms with Crippen molar-refractivity contribution in [2.24, 2.45) is 5.73 Å². The fourth-order valence-corrected chi connectivity index (χ4v) is 2.29. The van der Waals surface area contributed by atoms with Crippen LogP contribution in [0.1, 0.15) is 56.2 Å². The van der Waals surface area contributed by atoms with Crippen LogP contribution in [0.25, 0.3) is 0 Å². The largest absolute Gasteiger partial charge is 0.367 e. The number of nitrogens with zero attached hydrogens (tertiary/aromatic N) is 2. The lowest BCUT2D eigenvalue weighted by Gasteiger charge is -2.32. The Morgan fingerprint density at radius 2 is 2.24 bits per heavy atom. The minimum atomic E-state index is -0.320. The average Bonchev–Trinajstić information content (AvgIpc) is 2.29. The summed E-state index contributed by atoms with van der Waals surface area (Å²) in [5.74, 6) is 0.791. The third kappa shape index (κ3) is 2.48. The first-order valence-corrected chi connectivity index (χ1v) is 6.26. The molecule has 2 rings (SSSR count). The summed E-state index contributed by atoms with van der Waals surface area (Å²) in [7, 11) is 0. The van der Waals surface area contributed by atoms with E-state index in [9.17, 15) is 0 Å². The zero-order chi connectivity index (χ0) is 12.5. The SMILES string of the molecule is Cc1nc(C2(C)CCCCO2)ncc1C(C)N. The van der Waals surface area contributed by atoms with Crippen LogP contribution in [0.15, 0.2) is 6.20 Å². The molecule has 1 fully saturated rings. The number of nitrogens with two attached hydrogens (primary N) is 1. The number of rotatable bonds is 2. The van der Waals surface area contributed by atoms with Crippen molar-refractivity contribution in [3.63, 3.8) is 0 Å². The number of ether oxygens (including phenoxy) is 1. The zero-order valence-corrected chi connectivity index (χ0v) is 10.9. The molecule has 1 aliphatic rings. The molecule has 2 heterocycles. The Balaban J connectivity index is 2.30. The third-order valence-corrected chi connectivity index (χ3v) is 3.45. The van der Waals surface area contributed by atoms with Gasteiger partial charge < -0.3 is 10.5 Å². The van der Waals surface area contributed by atoms with Crippen molar-refractivity contribution in [1.82, 2.24) is 9.97 Å². The number of hydrogen-bond donors (Lipinski definition) is 1. The summed E-state index contributed by atoms with van der Waals surface area (Å²) in [6, 6.07) is -0.0240. The normalized spacial score (nSPS) is 26.8. The first-order chi connectivity index (χ1) is 8.03. The monoisotopic (exact) mass is 235 g/mol. The molecule has 1 aromatic rings. The van der Waals surface area contributed by atoms with Crippen LogP contribution in [0.3, 0.4) is 0 Å². The Morgan fingerprint density at radius 3 is 2.76 bits per heavy atom. The Morgan fingerprint density at radius 1 is 1.47 bits per heavy atom. The molecule has 0 aromatic carbocycles. The van der Waals surface area contributed by atoms with Gasteiger partial charge in [-0.05, 0) is 40.0 Å². The van der Waals surface area contributed by atoms with E-state index in [1.54, 1.807) is 0 Å². The summed E-state index contributed by atoms with van der Waals surface area (Å²) in [6.07, 6.45) is 5.13. The van der Waals surface area contributed by atoms with Crippen molar-refractivity contribution in [3.05, 3.63) is 23.3 Å². The molecule has 1 saturated heterocycles. The molecule has 2 atom stereocenters. The predicted octanol–water partition coefficient (Wildman–Crippen LogP) is 2.22. The van der Waals surface area contributed by atoms with Gasteiger partial charge in [0.15, 0.2) is 5.82 Å². The fourth-order valence-electron chi connectivity index (χ4n) is 2.29. The molecule has 0 bridgehead atoms. The van der Waals surface area contributed by atoms with E-state index >= 15 is 0 Å². The summed E-state index contributed by atoms with van der Waals surface area (Å²) in [5.41, 5.74) is 7.51. The van der Waals surface area contributed by atoms with Crippen molar-refractivity contribution in [1.29, 1.82) is 0 Å². The minimum absolute atomic E-state index is 0.0240. The Kier molecular flexibility index (Phi) is 3.45. The van der Waals surface area contributed by atoms with Gasteiger partial charge in [0.2, 0.25) is 0 Å². The van der Waals surface area contributed by atoms with Crippen molar-refractivity contribution in [2.45, 2.75) is 51.7 Å². The van der Waals surface area contributed by atoms with Crippen LogP contribution >= 0.6 is 0 Å². The summed E-state index contributed by atoms with van der Waals surface area (Å²) >= 11 is 0. The standard InChI is InChI=1S/C13H21N3O/c1-9(14)11-8-15-12(16-10(11)2)13(3)6-4-5-7-17-13/h8-9H,4-7,14H2,1-3H3. The Labute approximate surface area is 103 Å². The maximum atomic E-state index is 5.86. The molecule has 0 aliphatic carbocycles. The zero-order valence-electron chi connectivity index (χ0n) is 10.9. The second kappa shape index (κ2) is 4.70. The lowest BCUT2D eigenvalue weighted by atomic mass is 9.94. The first kappa shape index (κ1) is 12.5. The van der Waals surface area contributed by atoms with Crippen LogP contribution in [0.5, 0.6) is 0 Å². The molecule has 1 aliphatic heterocycles. The number of hydrogen-bond acceptors (Lipinski definition) is 4. The third-order valence-electron chi connectivity index (χ3n) is 3.45. The molecule has 0 radical (unpaired) electrons. The smallest absolute Gasteiger partial charge is 0.160 e. The Hall–Kier alpha value is -1.00. The fraction of sp³-hybridized carbons (Fsp3) is 0.692. The van der Waals surface area contributed by atoms with Gasteiger partial charge in [0.05, 0.1) is 0 Å². The highest BCUT2D eigenvalue weighted by atomic mass is 16.5. The highest BCUT2D eigenvalue weighted by molar-refractivity contribution is 5.21. The molecule has 1 aromatic heterocycles. The van der Waals surface area contributed by atoms with Gasteiger partial charge in [0, 0.05) is 30.1 Å². The molecule has 4 heteroatoms. The summed E-state index contributed by atoms with van der Waals surface area (Å²) < 4.78 is 5.85. The molecule has 17 heavy (non-hydrogen) atoms. The summed E-state index contributed by atoms with van der Waals surface area (Å²) in [5, 5.41) is 0. The topological polar surface area (TPSA) is 61.0 Å². The van der Waals surface area contributed by atoms with Crippen LogP contribution in [0, 0.1) is 6.92 Å². The van der Waals surface area contributed by atoms with Crippen LogP contribution in [-0.4, -0.2) is 16.6 Å². The molecule has 0 spiro atoms. The highest BCUT2D eigenvalue weighted by Crippen LogP contribution is 2.32. The molecule has 2 unspecified atom stereocenters. The number of aromatic nitrogens is 2. The van der Waals surface area contributed by atoms with Crippen molar-refractivity contribution >= 4 is 0 Å². The second-order valence-corrected chi connectivity index (χ2v) is 5.06. The van der Waals surface area contributed by atoms with Gasteiger partial charge in [-0.2, -0.15) is 0 Å². The summed E-state index contributed by atoms with van der Waals surface area (Å²) in [6.45, 7) is 6.81. The average molecular weight is 235 g/mol. The van der Waals surface area contributed by atoms with Crippen molar-refractivity contribution in [3.8, 4) is 0 Å². The van der Waals surface area contributed by atoms with Gasteiger partial charge in [-0.25, -0.2) is 9.97 Å². The van der Waals surface area contributed by atoms with Gasteiger partial charge in [-0.3, -0.25) is 0 Å². The molecule has 4 nitrogen and oxygen atoms in total. The minimum Gasteiger partial charge on any atom is -0.367 e. The van der Waals surface area contributed by atoms with E-state index in [1.165, 1.54) is 6.42 Å². The maximum absolute atomic E-state index is 5.86. The first-order valence-electron chi connectivity index (χ1n) is 6.26. The molecule has 0 amide bonds. The van der Waals surface area contributed by atoms with E-state index in [0.717, 1.165) is 36.5 Å². The molecule has 0 saturated carbocycles. The molecular formula is C13H21N3O. The van der Waals surface area contributed by atoms with E-state index in [-0.39, 0.29) is 11.6 Å². The van der Waals surface area contributed by atoms with Gasteiger partial charge in [-0.15, -0.1) is 0 Å². The second-order valence-electron chi connectivity index (χ2n) is 5.06. The van der Waals surface area contributed by atoms with Gasteiger partial charge in [0.25, 0.3) is 0 Å².